The summed E-state index contributed by atoms with van der Waals surface area (Å²) in [6.45, 7) is 0.902. The van der Waals surface area contributed by atoms with Gasteiger partial charge in [-0.2, -0.15) is 5.06 Å². The van der Waals surface area contributed by atoms with Crippen molar-refractivity contribution in [2.24, 2.45) is 0 Å². The molecule has 2 amide bonds. The van der Waals surface area contributed by atoms with E-state index in [0.29, 0.717) is 19.5 Å². The monoisotopic (exact) mass is 451 g/mol. The molecule has 0 spiro atoms. The molecule has 0 aromatic heterocycles. The molecule has 2 aliphatic heterocycles. The predicted molar refractivity (Wildman–Crippen MR) is 131 cm³/mol. The highest BCUT2D eigenvalue weighted by Crippen LogP contribution is 2.29. The fourth-order valence-electron chi connectivity index (χ4n) is 5.11. The number of hydrogen-bond acceptors (Lipinski definition) is 4. The minimum Gasteiger partial charge on any atom is -0.351 e. The summed E-state index contributed by atoms with van der Waals surface area (Å²) in [6, 6.07) is 28.8. The Morgan fingerprint density at radius 3 is 2.15 bits per heavy atom. The molecule has 4 aromatic carbocycles. The second-order valence-corrected chi connectivity index (χ2v) is 8.90. The molecule has 2 aliphatic rings. The van der Waals surface area contributed by atoms with Crippen molar-refractivity contribution in [3.05, 3.63) is 96.1 Å². The van der Waals surface area contributed by atoms with Crippen LogP contribution < -0.4 is 5.32 Å². The third-order valence-corrected chi connectivity index (χ3v) is 6.80. The average molecular weight is 452 g/mol. The highest BCUT2D eigenvalue weighted by atomic mass is 16.7. The first kappa shape index (κ1) is 20.8. The minimum atomic E-state index is -0.692. The lowest BCUT2D eigenvalue weighted by Crippen LogP contribution is -2.68. The first-order chi connectivity index (χ1) is 16.7. The van der Waals surface area contributed by atoms with Crippen molar-refractivity contribution < 1.29 is 14.4 Å². The topological polar surface area (TPSA) is 61.9 Å². The van der Waals surface area contributed by atoms with Gasteiger partial charge in [-0.25, -0.2) is 0 Å². The van der Waals surface area contributed by atoms with Gasteiger partial charge in [0.15, 0.2) is 6.10 Å². The Morgan fingerprint density at radius 1 is 0.794 bits per heavy atom. The van der Waals surface area contributed by atoms with E-state index in [0.717, 1.165) is 32.7 Å². The van der Waals surface area contributed by atoms with E-state index in [1.54, 1.807) is 4.90 Å². The first-order valence-electron chi connectivity index (χ1n) is 11.6. The van der Waals surface area contributed by atoms with Crippen molar-refractivity contribution in [3.63, 3.8) is 0 Å². The van der Waals surface area contributed by atoms with E-state index in [9.17, 15) is 9.59 Å². The van der Waals surface area contributed by atoms with Gasteiger partial charge in [0.2, 0.25) is 5.91 Å². The molecule has 1 N–H and O–H groups in total. The van der Waals surface area contributed by atoms with Gasteiger partial charge in [0.05, 0.1) is 13.1 Å². The first-order valence-corrected chi connectivity index (χ1v) is 11.6. The molecule has 170 valence electrons. The van der Waals surface area contributed by atoms with Crippen molar-refractivity contribution >= 4 is 33.4 Å². The molecular formula is C28H25N3O3. The van der Waals surface area contributed by atoms with E-state index >= 15 is 0 Å². The molecule has 0 aliphatic carbocycles. The van der Waals surface area contributed by atoms with Crippen molar-refractivity contribution in [1.29, 1.82) is 0 Å². The number of hydrogen-bond donors (Lipinski definition) is 1. The van der Waals surface area contributed by atoms with Gasteiger partial charge in [0.25, 0.3) is 5.91 Å². The molecule has 2 fully saturated rings. The number of carbonyl (C=O) groups excluding carboxylic acids is 2. The van der Waals surface area contributed by atoms with Crippen molar-refractivity contribution in [1.82, 2.24) is 15.3 Å². The van der Waals surface area contributed by atoms with E-state index in [4.69, 9.17) is 4.84 Å². The number of carbonyl (C=O) groups is 2. The van der Waals surface area contributed by atoms with Gasteiger partial charge in [0, 0.05) is 6.42 Å². The maximum absolute atomic E-state index is 13.5. The Labute approximate surface area is 197 Å². The van der Waals surface area contributed by atoms with Gasteiger partial charge in [-0.3, -0.25) is 14.4 Å². The zero-order valence-corrected chi connectivity index (χ0v) is 18.7. The number of hydroxylamine groups is 2. The SMILES string of the molecule is O=C1CN2C(=O)C(Cc3cccc4ccccc34)ON(Cc3cccc4ccccc34)C2CN1. The van der Waals surface area contributed by atoms with Crippen LogP contribution in [0.15, 0.2) is 84.9 Å². The third kappa shape index (κ3) is 3.71. The Bertz CT molecular complexity index is 1390. The van der Waals surface area contributed by atoms with Crippen LogP contribution in [0.1, 0.15) is 11.1 Å². The highest BCUT2D eigenvalue weighted by Gasteiger charge is 2.44. The molecule has 0 radical (unpaired) electrons. The number of amides is 2. The van der Waals surface area contributed by atoms with Crippen LogP contribution in [0.4, 0.5) is 0 Å². The number of nitrogens with one attached hydrogen (secondary N) is 1. The van der Waals surface area contributed by atoms with Crippen LogP contribution >= 0.6 is 0 Å². The van der Waals surface area contributed by atoms with Crippen LogP contribution in [0.25, 0.3) is 21.5 Å². The molecule has 2 atom stereocenters. The quantitative estimate of drug-likeness (QED) is 0.515. The van der Waals surface area contributed by atoms with E-state index < -0.39 is 6.10 Å². The third-order valence-electron chi connectivity index (χ3n) is 6.80. The number of rotatable bonds is 4. The molecule has 34 heavy (non-hydrogen) atoms. The van der Waals surface area contributed by atoms with Gasteiger partial charge >= 0.3 is 0 Å². The zero-order chi connectivity index (χ0) is 23.1. The average Bonchev–Trinajstić information content (AvgIpc) is 2.87. The summed E-state index contributed by atoms with van der Waals surface area (Å²) < 4.78 is 0. The van der Waals surface area contributed by atoms with Crippen LogP contribution in [0.3, 0.4) is 0 Å². The number of fused-ring (bicyclic) bond motifs is 3. The Hall–Kier alpha value is -3.74. The van der Waals surface area contributed by atoms with E-state index in [1.165, 1.54) is 0 Å². The Morgan fingerprint density at radius 2 is 1.41 bits per heavy atom. The normalized spacial score (nSPS) is 21.0. The second kappa shape index (κ2) is 8.56. The molecule has 6 rings (SSSR count). The molecule has 6 heteroatoms. The fraction of sp³-hybridized carbons (Fsp3) is 0.214. The maximum Gasteiger partial charge on any atom is 0.256 e. The van der Waals surface area contributed by atoms with E-state index in [1.807, 2.05) is 47.5 Å². The van der Waals surface area contributed by atoms with Crippen LogP contribution in [0.2, 0.25) is 0 Å². The summed E-state index contributed by atoms with van der Waals surface area (Å²) in [5.74, 6) is -0.275. The van der Waals surface area contributed by atoms with Gasteiger partial charge in [0.1, 0.15) is 12.7 Å². The highest BCUT2D eigenvalue weighted by molar-refractivity contribution is 5.90. The van der Waals surface area contributed by atoms with Gasteiger partial charge in [-0.15, -0.1) is 0 Å². The predicted octanol–water partition coefficient (Wildman–Crippen LogP) is 3.64. The van der Waals surface area contributed by atoms with Crippen molar-refractivity contribution in [2.75, 3.05) is 13.1 Å². The molecule has 2 unspecified atom stereocenters. The second-order valence-electron chi connectivity index (χ2n) is 8.90. The molecular weight excluding hydrogens is 426 g/mol. The van der Waals surface area contributed by atoms with Crippen LogP contribution in [0.5, 0.6) is 0 Å². The Balaban J connectivity index is 1.34. The van der Waals surface area contributed by atoms with Crippen LogP contribution in [0, 0.1) is 0 Å². The summed E-state index contributed by atoms with van der Waals surface area (Å²) >= 11 is 0. The number of nitrogens with zero attached hydrogens (tertiary/aromatic N) is 2. The largest absolute Gasteiger partial charge is 0.351 e. The standard InChI is InChI=1S/C28H25N3O3/c32-26-18-30-27(16-29-26)31(17-22-12-6-10-20-8-2-4-14-24(20)22)34-25(28(30)33)15-21-11-5-9-19-7-1-3-13-23(19)21/h1-14,25,27H,15-18H2,(H,29,32). The molecule has 4 aromatic rings. The number of benzene rings is 4. The van der Waals surface area contributed by atoms with Crippen LogP contribution in [-0.4, -0.2) is 47.1 Å². The lowest BCUT2D eigenvalue weighted by Gasteiger charge is -2.47. The van der Waals surface area contributed by atoms with Gasteiger partial charge in [-0.1, -0.05) is 84.9 Å². The maximum atomic E-state index is 13.5. The summed E-state index contributed by atoms with van der Waals surface area (Å²) in [4.78, 5) is 33.7. The summed E-state index contributed by atoms with van der Waals surface area (Å²) in [5.41, 5.74) is 2.18. The Kier molecular flexibility index (Phi) is 5.24. The zero-order valence-electron chi connectivity index (χ0n) is 18.7. The van der Waals surface area contributed by atoms with E-state index in [2.05, 4.69) is 47.8 Å². The van der Waals surface area contributed by atoms with Gasteiger partial charge in [-0.05, 0) is 32.7 Å². The molecule has 0 saturated carbocycles. The van der Waals surface area contributed by atoms with Gasteiger partial charge < -0.3 is 10.2 Å². The van der Waals surface area contributed by atoms with Crippen molar-refractivity contribution in [3.8, 4) is 0 Å². The molecule has 6 nitrogen and oxygen atoms in total. The fourth-order valence-corrected chi connectivity index (χ4v) is 5.11. The summed E-state index contributed by atoms with van der Waals surface area (Å²) in [5, 5.41) is 9.32. The summed E-state index contributed by atoms with van der Waals surface area (Å²) in [7, 11) is 0. The number of piperazine rings is 1. The lowest BCUT2D eigenvalue weighted by atomic mass is 9.98. The summed E-state index contributed by atoms with van der Waals surface area (Å²) in [6.07, 6.45) is -0.590. The minimum absolute atomic E-state index is 0.0466. The lowest BCUT2D eigenvalue weighted by molar-refractivity contribution is -0.280. The van der Waals surface area contributed by atoms with Crippen molar-refractivity contribution in [2.45, 2.75) is 25.2 Å². The molecule has 2 heterocycles. The van der Waals surface area contributed by atoms with E-state index in [-0.39, 0.29) is 24.5 Å². The smallest absolute Gasteiger partial charge is 0.256 e. The molecule has 2 saturated heterocycles. The van der Waals surface area contributed by atoms with Crippen LogP contribution in [-0.2, 0) is 27.4 Å². The molecule has 0 bridgehead atoms.